The molecule has 1 amide bonds. The van der Waals surface area contributed by atoms with Gasteiger partial charge in [0.05, 0.1) is 12.3 Å². The molecule has 0 aliphatic rings. The predicted octanol–water partition coefficient (Wildman–Crippen LogP) is 3.76. The Morgan fingerprint density at radius 1 is 1.06 bits per heavy atom. The van der Waals surface area contributed by atoms with Crippen molar-refractivity contribution in [1.29, 1.82) is 0 Å². The average Bonchev–Trinajstić information content (AvgIpc) is 3.22. The van der Waals surface area contributed by atoms with E-state index in [9.17, 15) is 9.59 Å². The SMILES string of the molecule is CCOc1ccc(-c2cc3c(=O)n(CC(=O)Nc4cccc(CC)c4)ccn3n2)cc1. The molecule has 2 heterocycles. The van der Waals surface area contributed by atoms with Crippen molar-refractivity contribution in [2.24, 2.45) is 0 Å². The van der Waals surface area contributed by atoms with Gasteiger partial charge in [-0.15, -0.1) is 0 Å². The summed E-state index contributed by atoms with van der Waals surface area (Å²) in [6.45, 7) is 4.52. The van der Waals surface area contributed by atoms with Gasteiger partial charge in [-0.1, -0.05) is 19.1 Å². The highest BCUT2D eigenvalue weighted by Crippen LogP contribution is 2.22. The summed E-state index contributed by atoms with van der Waals surface area (Å²) in [7, 11) is 0. The lowest BCUT2D eigenvalue weighted by Crippen LogP contribution is -2.28. The standard InChI is InChI=1S/C24H24N4O3/c1-3-17-6-5-7-19(14-17)25-23(29)16-27-12-13-28-22(24(27)30)15-21(26-28)18-8-10-20(11-9-18)31-4-2/h5-15H,3-4,16H2,1-2H3,(H,25,29). The molecular weight excluding hydrogens is 392 g/mol. The molecule has 0 spiro atoms. The van der Waals surface area contributed by atoms with Gasteiger partial charge in [0.15, 0.2) is 0 Å². The summed E-state index contributed by atoms with van der Waals surface area (Å²) >= 11 is 0. The number of fused-ring (bicyclic) bond motifs is 1. The number of amides is 1. The Bertz CT molecular complexity index is 1270. The molecule has 0 atom stereocenters. The zero-order valence-electron chi connectivity index (χ0n) is 17.5. The Hall–Kier alpha value is -3.87. The summed E-state index contributed by atoms with van der Waals surface area (Å²) in [5, 5.41) is 7.34. The third kappa shape index (κ3) is 4.50. The first-order valence-electron chi connectivity index (χ1n) is 10.3. The second-order valence-corrected chi connectivity index (χ2v) is 7.15. The molecule has 7 nitrogen and oxygen atoms in total. The van der Waals surface area contributed by atoms with Crippen LogP contribution < -0.4 is 15.6 Å². The zero-order chi connectivity index (χ0) is 21.8. The third-order valence-corrected chi connectivity index (χ3v) is 5.00. The van der Waals surface area contributed by atoms with E-state index in [1.807, 2.05) is 55.5 Å². The Labute approximate surface area is 179 Å². The number of benzene rings is 2. The maximum absolute atomic E-state index is 12.9. The van der Waals surface area contributed by atoms with Gasteiger partial charge in [-0.25, -0.2) is 4.52 Å². The van der Waals surface area contributed by atoms with Crippen LogP contribution in [0.25, 0.3) is 16.8 Å². The lowest BCUT2D eigenvalue weighted by Gasteiger charge is -2.08. The first kappa shape index (κ1) is 20.4. The number of rotatable bonds is 7. The third-order valence-electron chi connectivity index (χ3n) is 5.00. The Balaban J connectivity index is 1.55. The monoisotopic (exact) mass is 416 g/mol. The molecule has 0 fully saturated rings. The van der Waals surface area contributed by atoms with Gasteiger partial charge in [-0.2, -0.15) is 5.10 Å². The number of ether oxygens (including phenoxy) is 1. The molecule has 4 aromatic rings. The minimum absolute atomic E-state index is 0.0742. The molecule has 0 radical (unpaired) electrons. The van der Waals surface area contributed by atoms with Crippen LogP contribution in [0.4, 0.5) is 5.69 Å². The van der Waals surface area contributed by atoms with Crippen molar-refractivity contribution in [1.82, 2.24) is 14.2 Å². The number of nitrogens with zero attached hydrogens (tertiary/aromatic N) is 3. The molecule has 0 aliphatic carbocycles. The van der Waals surface area contributed by atoms with Gasteiger partial charge in [0.2, 0.25) is 5.91 Å². The Morgan fingerprint density at radius 2 is 1.87 bits per heavy atom. The summed E-state index contributed by atoms with van der Waals surface area (Å²) in [5.41, 5.74) is 3.56. The van der Waals surface area contributed by atoms with Crippen LogP contribution in [-0.4, -0.2) is 26.7 Å². The minimum Gasteiger partial charge on any atom is -0.494 e. The highest BCUT2D eigenvalue weighted by Gasteiger charge is 2.12. The molecule has 31 heavy (non-hydrogen) atoms. The van der Waals surface area contributed by atoms with Crippen LogP contribution in [0, 0.1) is 0 Å². The van der Waals surface area contributed by atoms with E-state index in [4.69, 9.17) is 4.74 Å². The van der Waals surface area contributed by atoms with Gasteiger partial charge in [-0.05, 0) is 61.4 Å². The largest absolute Gasteiger partial charge is 0.494 e. The molecule has 0 bridgehead atoms. The van der Waals surface area contributed by atoms with Gasteiger partial charge < -0.3 is 14.6 Å². The number of aryl methyl sites for hydroxylation is 1. The van der Waals surface area contributed by atoms with Crippen LogP contribution >= 0.6 is 0 Å². The van der Waals surface area contributed by atoms with Crippen molar-refractivity contribution in [3.8, 4) is 17.0 Å². The summed E-state index contributed by atoms with van der Waals surface area (Å²) in [4.78, 5) is 25.4. The molecule has 1 N–H and O–H groups in total. The van der Waals surface area contributed by atoms with E-state index < -0.39 is 0 Å². The number of hydrogen-bond acceptors (Lipinski definition) is 4. The Morgan fingerprint density at radius 3 is 2.61 bits per heavy atom. The van der Waals surface area contributed by atoms with Crippen molar-refractivity contribution < 1.29 is 9.53 Å². The number of carbonyl (C=O) groups is 1. The maximum atomic E-state index is 12.9. The summed E-state index contributed by atoms with van der Waals surface area (Å²) in [5.74, 6) is 0.527. The molecule has 7 heteroatoms. The second-order valence-electron chi connectivity index (χ2n) is 7.15. The van der Waals surface area contributed by atoms with E-state index in [1.54, 1.807) is 18.5 Å². The fourth-order valence-electron chi connectivity index (χ4n) is 3.40. The van der Waals surface area contributed by atoms with Crippen molar-refractivity contribution in [2.45, 2.75) is 26.8 Å². The van der Waals surface area contributed by atoms with Crippen molar-refractivity contribution >= 4 is 17.1 Å². The van der Waals surface area contributed by atoms with Gasteiger partial charge in [0.1, 0.15) is 17.8 Å². The quantitative estimate of drug-likeness (QED) is 0.498. The molecule has 158 valence electrons. The van der Waals surface area contributed by atoms with E-state index in [0.717, 1.165) is 29.0 Å². The predicted molar refractivity (Wildman–Crippen MR) is 121 cm³/mol. The van der Waals surface area contributed by atoms with Crippen molar-refractivity contribution in [3.63, 3.8) is 0 Å². The van der Waals surface area contributed by atoms with E-state index in [-0.39, 0.29) is 18.0 Å². The minimum atomic E-state index is -0.273. The van der Waals surface area contributed by atoms with Crippen LogP contribution in [0.3, 0.4) is 0 Å². The van der Waals surface area contributed by atoms with Crippen LogP contribution in [0.2, 0.25) is 0 Å². The smallest absolute Gasteiger partial charge is 0.277 e. The first-order valence-corrected chi connectivity index (χ1v) is 10.3. The fraction of sp³-hybridized carbons (Fsp3) is 0.208. The first-order chi connectivity index (χ1) is 15.1. The lowest BCUT2D eigenvalue weighted by molar-refractivity contribution is -0.116. The van der Waals surface area contributed by atoms with Crippen molar-refractivity contribution in [2.75, 3.05) is 11.9 Å². The number of aromatic nitrogens is 3. The number of hydrogen-bond donors (Lipinski definition) is 1. The van der Waals surface area contributed by atoms with Gasteiger partial charge in [-0.3, -0.25) is 9.59 Å². The topological polar surface area (TPSA) is 77.6 Å². The van der Waals surface area contributed by atoms with E-state index >= 15 is 0 Å². The van der Waals surface area contributed by atoms with E-state index in [0.29, 0.717) is 17.8 Å². The van der Waals surface area contributed by atoms with Crippen LogP contribution in [0.15, 0.2) is 71.8 Å². The van der Waals surface area contributed by atoms with Gasteiger partial charge in [0, 0.05) is 23.6 Å². The van der Waals surface area contributed by atoms with Gasteiger partial charge in [0.25, 0.3) is 5.56 Å². The molecule has 0 saturated carbocycles. The summed E-state index contributed by atoms with van der Waals surface area (Å²) < 4.78 is 8.39. The average molecular weight is 416 g/mol. The number of carbonyl (C=O) groups excluding carboxylic acids is 1. The molecule has 2 aromatic heterocycles. The molecular formula is C24H24N4O3. The van der Waals surface area contributed by atoms with Crippen LogP contribution in [-0.2, 0) is 17.8 Å². The highest BCUT2D eigenvalue weighted by molar-refractivity contribution is 5.90. The molecule has 0 unspecified atom stereocenters. The second kappa shape index (κ2) is 8.87. The molecule has 2 aromatic carbocycles. The van der Waals surface area contributed by atoms with E-state index in [2.05, 4.69) is 17.3 Å². The van der Waals surface area contributed by atoms with E-state index in [1.165, 1.54) is 9.08 Å². The maximum Gasteiger partial charge on any atom is 0.277 e. The fourth-order valence-corrected chi connectivity index (χ4v) is 3.40. The van der Waals surface area contributed by atoms with Crippen molar-refractivity contribution in [3.05, 3.63) is 82.9 Å². The molecule has 0 saturated heterocycles. The molecule has 4 rings (SSSR count). The van der Waals surface area contributed by atoms with Gasteiger partial charge >= 0.3 is 0 Å². The summed E-state index contributed by atoms with van der Waals surface area (Å²) in [6, 6.07) is 17.0. The zero-order valence-corrected chi connectivity index (χ0v) is 17.5. The summed E-state index contributed by atoms with van der Waals surface area (Å²) in [6.07, 6.45) is 4.14. The number of nitrogens with one attached hydrogen (secondary N) is 1. The normalized spacial score (nSPS) is 10.9. The highest BCUT2D eigenvalue weighted by atomic mass is 16.5. The molecule has 0 aliphatic heterocycles. The number of anilines is 1. The Kier molecular flexibility index (Phi) is 5.84. The van der Waals surface area contributed by atoms with Crippen LogP contribution in [0.1, 0.15) is 19.4 Å². The van der Waals surface area contributed by atoms with Crippen LogP contribution in [0.5, 0.6) is 5.75 Å². The lowest BCUT2D eigenvalue weighted by atomic mass is 10.1.